The van der Waals surface area contributed by atoms with E-state index in [0.29, 0.717) is 17.1 Å². The molecular formula is C18H18FN3OS2. The third kappa shape index (κ3) is 3.82. The molecule has 2 aromatic heterocycles. The molecule has 0 atom stereocenters. The van der Waals surface area contributed by atoms with Crippen molar-refractivity contribution in [2.24, 2.45) is 0 Å². The van der Waals surface area contributed by atoms with E-state index in [1.54, 1.807) is 30.4 Å². The van der Waals surface area contributed by atoms with Gasteiger partial charge in [0.1, 0.15) is 21.5 Å². The number of aromatic nitrogens is 2. The molecule has 1 amide bonds. The molecule has 1 N–H and O–H groups in total. The fourth-order valence-corrected chi connectivity index (χ4v) is 4.49. The molecule has 0 aliphatic rings. The molecule has 0 saturated heterocycles. The Morgan fingerprint density at radius 2 is 2.00 bits per heavy atom. The minimum Gasteiger partial charge on any atom is -0.325 e. The highest BCUT2D eigenvalue weighted by molar-refractivity contribution is 8.00. The summed E-state index contributed by atoms with van der Waals surface area (Å²) in [6.07, 6.45) is 0. The molecule has 0 saturated carbocycles. The van der Waals surface area contributed by atoms with Crippen molar-refractivity contribution in [2.45, 2.75) is 32.7 Å². The largest absolute Gasteiger partial charge is 0.325 e. The fourth-order valence-electron chi connectivity index (χ4n) is 2.42. The predicted octanol–water partition coefficient (Wildman–Crippen LogP) is 4.79. The van der Waals surface area contributed by atoms with E-state index in [2.05, 4.69) is 22.2 Å². The number of nitrogens with zero attached hydrogens (tertiary/aromatic N) is 2. The monoisotopic (exact) mass is 375 g/mol. The molecule has 0 bridgehead atoms. The SMILES string of the molecule is Cc1nc(SCC(=O)Nc2ccc(C)c(F)c2)c2c(C)c(C)sc2n1. The summed E-state index contributed by atoms with van der Waals surface area (Å²) >= 11 is 3.02. The summed E-state index contributed by atoms with van der Waals surface area (Å²) in [6, 6.07) is 4.67. The Balaban J connectivity index is 1.76. The summed E-state index contributed by atoms with van der Waals surface area (Å²) < 4.78 is 13.6. The molecule has 0 unspecified atom stereocenters. The molecule has 2 heterocycles. The van der Waals surface area contributed by atoms with Crippen LogP contribution in [-0.2, 0) is 4.79 Å². The molecule has 0 fully saturated rings. The van der Waals surface area contributed by atoms with Crippen molar-refractivity contribution in [3.8, 4) is 0 Å². The van der Waals surface area contributed by atoms with Crippen molar-refractivity contribution >= 4 is 44.9 Å². The molecule has 7 heteroatoms. The van der Waals surface area contributed by atoms with Crippen molar-refractivity contribution in [2.75, 3.05) is 11.1 Å². The van der Waals surface area contributed by atoms with E-state index in [1.165, 1.54) is 22.7 Å². The van der Waals surface area contributed by atoms with Crippen molar-refractivity contribution in [1.82, 2.24) is 9.97 Å². The van der Waals surface area contributed by atoms with Crippen LogP contribution in [0.5, 0.6) is 0 Å². The normalized spacial score (nSPS) is 11.1. The zero-order valence-electron chi connectivity index (χ0n) is 14.4. The van der Waals surface area contributed by atoms with Crippen LogP contribution in [0.15, 0.2) is 23.2 Å². The first kappa shape index (κ1) is 17.8. The number of hydrogen-bond acceptors (Lipinski definition) is 5. The first-order chi connectivity index (χ1) is 11.8. The van der Waals surface area contributed by atoms with E-state index in [4.69, 9.17) is 0 Å². The van der Waals surface area contributed by atoms with Crippen molar-refractivity contribution < 1.29 is 9.18 Å². The summed E-state index contributed by atoms with van der Waals surface area (Å²) in [5.74, 6) is 0.373. The smallest absolute Gasteiger partial charge is 0.234 e. The average Bonchev–Trinajstić information content (AvgIpc) is 2.83. The Labute approximate surface area is 153 Å². The zero-order chi connectivity index (χ0) is 18.1. The Bertz CT molecular complexity index is 969. The molecule has 0 aliphatic heterocycles. The quantitative estimate of drug-likeness (QED) is 0.526. The van der Waals surface area contributed by atoms with Gasteiger partial charge >= 0.3 is 0 Å². The topological polar surface area (TPSA) is 54.9 Å². The number of carbonyl (C=O) groups excluding carboxylic acids is 1. The van der Waals surface area contributed by atoms with Crippen LogP contribution >= 0.6 is 23.1 Å². The molecule has 0 spiro atoms. The lowest BCUT2D eigenvalue weighted by molar-refractivity contribution is -0.113. The lowest BCUT2D eigenvalue weighted by Gasteiger charge is -2.07. The number of hydrogen-bond donors (Lipinski definition) is 1. The van der Waals surface area contributed by atoms with Crippen molar-refractivity contribution in [1.29, 1.82) is 0 Å². The predicted molar refractivity (Wildman–Crippen MR) is 102 cm³/mol. The molecule has 25 heavy (non-hydrogen) atoms. The van der Waals surface area contributed by atoms with Gasteiger partial charge in [-0.15, -0.1) is 11.3 Å². The third-order valence-corrected chi connectivity index (χ3v) is 5.98. The number of aryl methyl sites for hydroxylation is 4. The number of fused-ring (bicyclic) bond motifs is 1. The van der Waals surface area contributed by atoms with Crippen LogP contribution in [0.2, 0.25) is 0 Å². The minimum absolute atomic E-state index is 0.192. The average molecular weight is 375 g/mol. The number of carbonyl (C=O) groups is 1. The van der Waals surface area contributed by atoms with E-state index in [0.717, 1.165) is 20.8 Å². The number of benzene rings is 1. The number of amides is 1. The second-order valence-corrected chi connectivity index (χ2v) is 8.01. The second kappa shape index (κ2) is 7.09. The van der Waals surface area contributed by atoms with Crippen LogP contribution < -0.4 is 5.32 Å². The van der Waals surface area contributed by atoms with Crippen molar-refractivity contribution in [3.05, 3.63) is 45.8 Å². The lowest BCUT2D eigenvalue weighted by atomic mass is 10.2. The molecule has 130 valence electrons. The first-order valence-corrected chi connectivity index (χ1v) is 9.58. The molecule has 0 aliphatic carbocycles. The maximum absolute atomic E-state index is 13.6. The summed E-state index contributed by atoms with van der Waals surface area (Å²) in [5, 5.41) is 4.56. The number of anilines is 1. The van der Waals surface area contributed by atoms with Crippen LogP contribution in [0.3, 0.4) is 0 Å². The van der Waals surface area contributed by atoms with Gasteiger partial charge in [-0.25, -0.2) is 14.4 Å². The van der Waals surface area contributed by atoms with Gasteiger partial charge in [0.15, 0.2) is 0 Å². The van der Waals surface area contributed by atoms with E-state index in [9.17, 15) is 9.18 Å². The van der Waals surface area contributed by atoms with E-state index in [1.807, 2.05) is 13.8 Å². The summed E-state index contributed by atoms with van der Waals surface area (Å²) in [4.78, 5) is 23.3. The second-order valence-electron chi connectivity index (χ2n) is 5.84. The highest BCUT2D eigenvalue weighted by Crippen LogP contribution is 2.35. The van der Waals surface area contributed by atoms with E-state index in [-0.39, 0.29) is 17.5 Å². The Morgan fingerprint density at radius 3 is 2.72 bits per heavy atom. The van der Waals surface area contributed by atoms with Crippen LogP contribution in [0.1, 0.15) is 21.8 Å². The van der Waals surface area contributed by atoms with E-state index >= 15 is 0 Å². The van der Waals surface area contributed by atoms with Gasteiger partial charge < -0.3 is 5.32 Å². The highest BCUT2D eigenvalue weighted by atomic mass is 32.2. The number of nitrogens with one attached hydrogen (secondary N) is 1. The lowest BCUT2D eigenvalue weighted by Crippen LogP contribution is -2.14. The number of thioether (sulfide) groups is 1. The maximum Gasteiger partial charge on any atom is 0.234 e. The van der Waals surface area contributed by atoms with Gasteiger partial charge in [-0.05, 0) is 51.0 Å². The van der Waals surface area contributed by atoms with Gasteiger partial charge in [0.05, 0.1) is 5.75 Å². The van der Waals surface area contributed by atoms with Crippen LogP contribution in [0, 0.1) is 33.5 Å². The number of halogens is 1. The molecule has 1 aromatic carbocycles. The fraction of sp³-hybridized carbons (Fsp3) is 0.278. The van der Waals surface area contributed by atoms with Gasteiger partial charge in [-0.2, -0.15) is 0 Å². The number of thiophene rings is 1. The van der Waals surface area contributed by atoms with Gasteiger partial charge in [0.25, 0.3) is 0 Å². The molecule has 3 rings (SSSR count). The van der Waals surface area contributed by atoms with Gasteiger partial charge in [-0.3, -0.25) is 4.79 Å². The van der Waals surface area contributed by atoms with Gasteiger partial charge in [0.2, 0.25) is 5.91 Å². The van der Waals surface area contributed by atoms with Crippen molar-refractivity contribution in [3.63, 3.8) is 0 Å². The van der Waals surface area contributed by atoms with Crippen LogP contribution in [-0.4, -0.2) is 21.6 Å². The number of rotatable bonds is 4. The van der Waals surface area contributed by atoms with E-state index < -0.39 is 0 Å². The standard InChI is InChI=1S/C18H18FN3OS2/c1-9-5-6-13(7-14(9)19)22-15(23)8-24-17-16-10(2)11(3)25-18(16)21-12(4)20-17/h5-7H,8H2,1-4H3,(H,22,23). The maximum atomic E-state index is 13.6. The summed E-state index contributed by atoms with van der Waals surface area (Å²) in [5.41, 5.74) is 2.17. The Hall–Kier alpha value is -1.99. The molecule has 4 nitrogen and oxygen atoms in total. The van der Waals surface area contributed by atoms with Gasteiger partial charge in [-0.1, -0.05) is 17.8 Å². The Morgan fingerprint density at radius 1 is 1.24 bits per heavy atom. The third-order valence-electron chi connectivity index (χ3n) is 3.90. The van der Waals surface area contributed by atoms with Crippen LogP contribution in [0.4, 0.5) is 10.1 Å². The summed E-state index contributed by atoms with van der Waals surface area (Å²) in [7, 11) is 0. The zero-order valence-corrected chi connectivity index (χ0v) is 16.1. The Kier molecular flexibility index (Phi) is 5.06. The molecule has 3 aromatic rings. The summed E-state index contributed by atoms with van der Waals surface area (Å²) in [6.45, 7) is 7.64. The minimum atomic E-state index is -0.331. The van der Waals surface area contributed by atoms with Gasteiger partial charge in [0, 0.05) is 16.0 Å². The molecular weight excluding hydrogens is 357 g/mol. The highest BCUT2D eigenvalue weighted by Gasteiger charge is 2.15. The van der Waals surface area contributed by atoms with Crippen LogP contribution in [0.25, 0.3) is 10.2 Å². The molecule has 0 radical (unpaired) electrons. The first-order valence-electron chi connectivity index (χ1n) is 7.78.